The number of amides is 2. The average molecular weight is 594 g/mol. The fourth-order valence-corrected chi connectivity index (χ4v) is 7.01. The molecule has 5 fully saturated rings. The summed E-state index contributed by atoms with van der Waals surface area (Å²) in [4.78, 5) is 37.3. The molecule has 11 nitrogen and oxygen atoms in total. The van der Waals surface area contributed by atoms with Crippen molar-refractivity contribution >= 4 is 23.9 Å². The van der Waals surface area contributed by atoms with Crippen molar-refractivity contribution in [1.82, 2.24) is 5.43 Å². The van der Waals surface area contributed by atoms with Gasteiger partial charge < -0.3 is 24.3 Å². The van der Waals surface area contributed by atoms with Crippen LogP contribution in [0.1, 0.15) is 69.3 Å². The molecule has 8 atom stereocenters. The van der Waals surface area contributed by atoms with Crippen LogP contribution < -0.4 is 15.5 Å². The molecule has 1 saturated carbocycles. The first kappa shape index (κ1) is 29.6. The minimum atomic E-state index is -0.894. The number of anilines is 1. The Morgan fingerprint density at radius 1 is 1.02 bits per heavy atom. The Morgan fingerprint density at radius 2 is 1.79 bits per heavy atom. The number of benzene rings is 2. The van der Waals surface area contributed by atoms with Gasteiger partial charge in [0.15, 0.2) is 11.9 Å². The van der Waals surface area contributed by atoms with Crippen LogP contribution in [0.3, 0.4) is 0 Å². The number of nitrogens with one attached hydrogen (secondary N) is 2. The Morgan fingerprint density at radius 3 is 2.53 bits per heavy atom. The van der Waals surface area contributed by atoms with E-state index >= 15 is 0 Å². The van der Waals surface area contributed by atoms with E-state index in [2.05, 4.69) is 22.8 Å². The van der Waals surface area contributed by atoms with E-state index in [0.29, 0.717) is 35.8 Å². The number of carbonyl (C=O) groups excluding carboxylic acids is 2. The highest BCUT2D eigenvalue weighted by molar-refractivity contribution is 5.92. The maximum absolute atomic E-state index is 13.2. The summed E-state index contributed by atoms with van der Waals surface area (Å²) >= 11 is 0. The van der Waals surface area contributed by atoms with Crippen LogP contribution in [0.25, 0.3) is 0 Å². The molecule has 43 heavy (non-hydrogen) atoms. The highest BCUT2D eigenvalue weighted by Gasteiger charge is 2.69. The number of hydrogen-bond donors (Lipinski definition) is 2. The molecule has 0 radical (unpaired) electrons. The minimum Gasteiger partial charge on any atom is -0.494 e. The van der Waals surface area contributed by atoms with Crippen LogP contribution >= 0.6 is 0 Å². The van der Waals surface area contributed by atoms with E-state index in [1.807, 2.05) is 20.8 Å². The van der Waals surface area contributed by atoms with Crippen molar-refractivity contribution in [2.75, 3.05) is 11.9 Å². The second kappa shape index (κ2) is 11.9. The summed E-state index contributed by atoms with van der Waals surface area (Å²) in [5.74, 6) is -0.0272. The number of carbonyl (C=O) groups is 2. The van der Waals surface area contributed by atoms with E-state index in [1.54, 1.807) is 48.5 Å². The summed E-state index contributed by atoms with van der Waals surface area (Å²) in [5.41, 5.74) is 3.39. The molecule has 1 spiro atoms. The molecule has 4 heterocycles. The Kier molecular flexibility index (Phi) is 8.16. The van der Waals surface area contributed by atoms with Gasteiger partial charge >= 0.3 is 12.0 Å². The van der Waals surface area contributed by atoms with Gasteiger partial charge in [0.2, 0.25) is 12.1 Å². The Bertz CT molecular complexity index is 1350. The second-order valence-electron chi connectivity index (χ2n) is 12.1. The first-order valence-electron chi connectivity index (χ1n) is 15.0. The van der Waals surface area contributed by atoms with Crippen LogP contribution in [0, 0.1) is 23.7 Å². The van der Waals surface area contributed by atoms with Crippen molar-refractivity contribution in [1.29, 1.82) is 0 Å². The van der Waals surface area contributed by atoms with Gasteiger partial charge in [-0.15, -0.1) is 0 Å². The minimum absolute atomic E-state index is 0.0608. The lowest BCUT2D eigenvalue weighted by Crippen LogP contribution is -2.70. The quantitative estimate of drug-likeness (QED) is 0.184. The zero-order chi connectivity index (χ0) is 30.2. The number of rotatable bonds is 7. The first-order chi connectivity index (χ1) is 20.7. The van der Waals surface area contributed by atoms with Crippen LogP contribution in [-0.2, 0) is 24.0 Å². The Hall–Kier alpha value is -3.51. The topological polar surface area (TPSA) is 126 Å². The van der Waals surface area contributed by atoms with Crippen LogP contribution in [-0.4, -0.2) is 48.8 Å². The summed E-state index contributed by atoms with van der Waals surface area (Å²) in [6.45, 7) is 8.65. The summed E-state index contributed by atoms with van der Waals surface area (Å²) in [6, 6.07) is 13.3. The van der Waals surface area contributed by atoms with E-state index in [4.69, 9.17) is 28.7 Å². The van der Waals surface area contributed by atoms with Crippen molar-refractivity contribution in [2.24, 2.45) is 28.8 Å². The summed E-state index contributed by atoms with van der Waals surface area (Å²) in [5, 5.41) is 6.68. The van der Waals surface area contributed by atoms with Crippen molar-refractivity contribution in [3.8, 4) is 5.75 Å². The fraction of sp³-hybridized carbons (Fsp3) is 0.531. The summed E-state index contributed by atoms with van der Waals surface area (Å²) < 4.78 is 24.0. The highest BCUT2D eigenvalue weighted by Crippen LogP contribution is 2.60. The van der Waals surface area contributed by atoms with Crippen molar-refractivity contribution in [3.63, 3.8) is 0 Å². The molecule has 4 aliphatic heterocycles. The summed E-state index contributed by atoms with van der Waals surface area (Å²) in [7, 11) is 0. The first-order valence-corrected chi connectivity index (χ1v) is 15.0. The van der Waals surface area contributed by atoms with Gasteiger partial charge in [-0.3, -0.25) is 0 Å². The van der Waals surface area contributed by atoms with Crippen LogP contribution in [0.15, 0.2) is 53.6 Å². The molecule has 11 heteroatoms. The maximum Gasteiger partial charge on any atom is 0.340 e. The molecular formula is C32H39N3O8. The lowest BCUT2D eigenvalue weighted by molar-refractivity contribution is -0.576. The van der Waals surface area contributed by atoms with E-state index in [-0.39, 0.29) is 17.8 Å². The van der Waals surface area contributed by atoms with Gasteiger partial charge in [-0.1, -0.05) is 26.0 Å². The Balaban J connectivity index is 1.05. The third kappa shape index (κ3) is 5.74. The molecule has 2 aromatic carbocycles. The third-order valence-electron chi connectivity index (χ3n) is 9.27. The van der Waals surface area contributed by atoms with E-state index in [0.717, 1.165) is 25.0 Å². The molecule has 0 aromatic heterocycles. The largest absolute Gasteiger partial charge is 0.494 e. The summed E-state index contributed by atoms with van der Waals surface area (Å²) in [6.07, 6.45) is 3.65. The van der Waals surface area contributed by atoms with E-state index < -0.39 is 36.0 Å². The molecule has 230 valence electrons. The van der Waals surface area contributed by atoms with Gasteiger partial charge in [-0.2, -0.15) is 5.10 Å². The zero-order valence-electron chi connectivity index (χ0n) is 24.9. The highest BCUT2D eigenvalue weighted by atomic mass is 17.3. The molecule has 1 unspecified atom stereocenters. The number of esters is 1. The third-order valence-corrected chi connectivity index (χ3v) is 9.27. The van der Waals surface area contributed by atoms with Crippen molar-refractivity contribution in [3.05, 3.63) is 59.7 Å². The zero-order valence-corrected chi connectivity index (χ0v) is 24.9. The molecule has 2 amide bonds. The molecular weight excluding hydrogens is 554 g/mol. The van der Waals surface area contributed by atoms with E-state index in [9.17, 15) is 9.59 Å². The predicted octanol–water partition coefficient (Wildman–Crippen LogP) is 5.61. The number of hydrogen-bond acceptors (Lipinski definition) is 9. The van der Waals surface area contributed by atoms with Gasteiger partial charge in [0.1, 0.15) is 5.75 Å². The molecule has 5 aliphatic rings. The van der Waals surface area contributed by atoms with Crippen LogP contribution in [0.2, 0.25) is 0 Å². The van der Waals surface area contributed by atoms with Gasteiger partial charge in [-0.05, 0) is 86.9 Å². The lowest BCUT2D eigenvalue weighted by Gasteiger charge is -2.59. The monoisotopic (exact) mass is 593 g/mol. The lowest BCUT2D eigenvalue weighted by atomic mass is 9.58. The molecule has 7 rings (SSSR count). The van der Waals surface area contributed by atoms with Gasteiger partial charge in [0, 0.05) is 23.9 Å². The molecule has 2 aromatic rings. The van der Waals surface area contributed by atoms with Gasteiger partial charge in [0.25, 0.3) is 0 Å². The number of ether oxygens (including phenoxy) is 4. The molecule has 1 aliphatic carbocycles. The van der Waals surface area contributed by atoms with Gasteiger partial charge in [0.05, 0.1) is 18.4 Å². The van der Waals surface area contributed by atoms with Crippen molar-refractivity contribution < 1.29 is 38.3 Å². The molecule has 2 N–H and O–H groups in total. The van der Waals surface area contributed by atoms with E-state index in [1.165, 1.54) is 6.21 Å². The number of fused-ring (bicyclic) bond motifs is 2. The molecule has 4 saturated heterocycles. The van der Waals surface area contributed by atoms with Crippen LogP contribution in [0.5, 0.6) is 5.75 Å². The smallest absolute Gasteiger partial charge is 0.340 e. The fourth-order valence-electron chi connectivity index (χ4n) is 7.01. The van der Waals surface area contributed by atoms with Gasteiger partial charge in [-0.25, -0.2) is 24.8 Å². The van der Waals surface area contributed by atoms with Crippen molar-refractivity contribution in [2.45, 2.75) is 77.3 Å². The number of nitrogens with zero attached hydrogens (tertiary/aromatic N) is 1. The number of urea groups is 1. The maximum atomic E-state index is 13.2. The average Bonchev–Trinajstić information content (AvgIpc) is 3.23. The predicted molar refractivity (Wildman–Crippen MR) is 156 cm³/mol. The molecule has 2 bridgehead atoms. The second-order valence-corrected chi connectivity index (χ2v) is 12.1. The van der Waals surface area contributed by atoms with Crippen LogP contribution in [0.4, 0.5) is 10.5 Å². The SMILES string of the molecule is CCOc1ccc(NC(=O)N/N=C/c2ccc(C(=O)O[C@@H]3O[C@@H]4OC5(C)CC[C@H]6[C@H](C)CC[C@@H]([C@H]3C)[C@@]46OO5)cc2)cc1. The standard InChI is InChI=1S/C32H39N3O8/c1-5-38-24-13-11-23(12-14-24)34-30(37)35-33-18-21-7-9-22(10-8-21)27(36)39-28-20(3)26-15-6-19(2)25-16-17-31(4)41-29(40-28)32(25,26)43-42-31/h7-14,18-20,25-26,28-29H,5-6,15-17H2,1-4H3,(H2,34,35,37)/b33-18+/t19-,20-,25+,26+,28-,29-,31?,32-/m1/s1. The number of hydrazone groups is 1. The normalized spacial score (nSPS) is 34.6. The Labute approximate surface area is 251 Å².